The first-order valence-electron chi connectivity index (χ1n) is 9.46. The van der Waals surface area contributed by atoms with Gasteiger partial charge < -0.3 is 50.7 Å². The van der Waals surface area contributed by atoms with Gasteiger partial charge in [-0.25, -0.2) is 0 Å². The molecule has 1 heterocycles. The minimum Gasteiger partial charge on any atom is -0.394 e. The van der Waals surface area contributed by atoms with Gasteiger partial charge in [0.25, 0.3) is 10.1 Å². The van der Waals surface area contributed by atoms with E-state index < -0.39 is 95.9 Å². The number of carbonyl (C=O) groups is 2. The van der Waals surface area contributed by atoms with Crippen LogP contribution in [0, 0.1) is 0 Å². The highest BCUT2D eigenvalue weighted by Crippen LogP contribution is 2.28. The molecule has 0 bridgehead atoms. The molecule has 1 aliphatic heterocycles. The van der Waals surface area contributed by atoms with Crippen molar-refractivity contribution in [1.82, 2.24) is 10.6 Å². The summed E-state index contributed by atoms with van der Waals surface area (Å²) in [5.41, 5.74) is 0. The Morgan fingerprint density at radius 3 is 2.09 bits per heavy atom. The van der Waals surface area contributed by atoms with Crippen molar-refractivity contribution in [2.75, 3.05) is 19.8 Å². The van der Waals surface area contributed by atoms with Crippen LogP contribution in [0.5, 0.6) is 0 Å². The third-order valence-corrected chi connectivity index (χ3v) is 6.02. The molecule has 0 aromatic carbocycles. The van der Waals surface area contributed by atoms with Gasteiger partial charge in [-0.1, -0.05) is 0 Å². The van der Waals surface area contributed by atoms with Crippen molar-refractivity contribution in [3.63, 3.8) is 0 Å². The molecular formula is C16H30N2O13S. The highest BCUT2D eigenvalue weighted by atomic mass is 32.2. The predicted octanol–water partition coefficient (Wildman–Crippen LogP) is -5.58. The normalized spacial score (nSPS) is 30.1. The Morgan fingerprint density at radius 1 is 1.09 bits per heavy atom. The molecule has 188 valence electrons. The van der Waals surface area contributed by atoms with Crippen molar-refractivity contribution in [1.29, 1.82) is 0 Å². The van der Waals surface area contributed by atoms with Gasteiger partial charge in [0.1, 0.15) is 41.8 Å². The molecule has 0 radical (unpaired) electrons. The quantitative estimate of drug-likeness (QED) is 0.123. The zero-order chi connectivity index (χ0) is 24.8. The minimum atomic E-state index is -5.07. The molecule has 9 N–H and O–H groups in total. The Bertz CT molecular complexity index is 735. The highest BCUT2D eigenvalue weighted by molar-refractivity contribution is 7.86. The van der Waals surface area contributed by atoms with E-state index >= 15 is 0 Å². The molecule has 0 saturated carbocycles. The Kier molecular flexibility index (Phi) is 10.8. The van der Waals surface area contributed by atoms with Gasteiger partial charge in [-0.05, 0) is 0 Å². The molecular weight excluding hydrogens is 460 g/mol. The van der Waals surface area contributed by atoms with Crippen LogP contribution < -0.4 is 10.6 Å². The van der Waals surface area contributed by atoms with Crippen LogP contribution in [0.15, 0.2) is 0 Å². The molecule has 2 amide bonds. The van der Waals surface area contributed by atoms with Gasteiger partial charge in [0.2, 0.25) is 11.8 Å². The third kappa shape index (κ3) is 7.27. The lowest BCUT2D eigenvalue weighted by molar-refractivity contribution is -0.279. The van der Waals surface area contributed by atoms with Crippen LogP contribution in [0.2, 0.25) is 0 Å². The van der Waals surface area contributed by atoms with Gasteiger partial charge in [-0.3, -0.25) is 14.1 Å². The van der Waals surface area contributed by atoms with E-state index in [0.29, 0.717) is 0 Å². The Hall–Kier alpha value is -1.47. The summed E-state index contributed by atoms with van der Waals surface area (Å²) in [4.78, 5) is 22.9. The average molecular weight is 490 g/mol. The molecule has 32 heavy (non-hydrogen) atoms. The number of hydrogen-bond donors (Lipinski definition) is 9. The molecule has 0 aromatic rings. The number of rotatable bonds is 11. The van der Waals surface area contributed by atoms with Crippen molar-refractivity contribution in [2.45, 2.75) is 68.0 Å². The van der Waals surface area contributed by atoms with Gasteiger partial charge in [0, 0.05) is 13.8 Å². The van der Waals surface area contributed by atoms with Crippen molar-refractivity contribution < 1.29 is 62.7 Å². The molecule has 1 saturated heterocycles. The van der Waals surface area contributed by atoms with E-state index in [4.69, 9.17) is 9.47 Å². The molecule has 9 atom stereocenters. The predicted molar refractivity (Wildman–Crippen MR) is 103 cm³/mol. The van der Waals surface area contributed by atoms with E-state index in [1.54, 1.807) is 0 Å². The smallest absolute Gasteiger partial charge is 0.272 e. The first-order valence-corrected chi connectivity index (χ1v) is 11.0. The minimum absolute atomic E-state index is 0.666. The summed E-state index contributed by atoms with van der Waals surface area (Å²) >= 11 is 0. The van der Waals surface area contributed by atoms with Crippen molar-refractivity contribution in [3.8, 4) is 0 Å². The molecule has 0 unspecified atom stereocenters. The second kappa shape index (κ2) is 12.1. The number of ether oxygens (including phenoxy) is 2. The Morgan fingerprint density at radius 2 is 1.69 bits per heavy atom. The molecule has 1 fully saturated rings. The lowest BCUT2D eigenvalue weighted by Crippen LogP contribution is -2.68. The first-order chi connectivity index (χ1) is 14.8. The number of amides is 2. The first kappa shape index (κ1) is 28.6. The fraction of sp³-hybridized carbons (Fsp3) is 0.875. The van der Waals surface area contributed by atoms with Gasteiger partial charge in [0.05, 0.1) is 25.9 Å². The van der Waals surface area contributed by atoms with Crippen molar-refractivity contribution in [3.05, 3.63) is 0 Å². The summed E-state index contributed by atoms with van der Waals surface area (Å²) in [5, 5.41) is 61.3. The molecule has 1 aliphatic rings. The molecule has 15 nitrogen and oxygen atoms in total. The van der Waals surface area contributed by atoms with Crippen LogP contribution in [0.25, 0.3) is 0 Å². The zero-order valence-electron chi connectivity index (χ0n) is 17.3. The van der Waals surface area contributed by atoms with Crippen LogP contribution in [-0.4, -0.2) is 129 Å². The van der Waals surface area contributed by atoms with E-state index in [1.807, 2.05) is 0 Å². The van der Waals surface area contributed by atoms with Crippen molar-refractivity contribution in [2.24, 2.45) is 0 Å². The zero-order valence-corrected chi connectivity index (χ0v) is 18.1. The standard InChI is InChI=1S/C16H30N2O13S/c1-6(22)17-8(3-19)12(25)14(9(24)4-20)31-16-11(18-7(2)23)15(32(27,28)29)13(26)10(5-21)30-16/h8-16,19-21,24-26H,3-5H2,1-2H3,(H,17,22)(H,18,23)(H,27,28,29)/t8-,9+,10+,11+,12+,13-,14+,15+,16-/m0/s1. The molecule has 1 rings (SSSR count). The summed E-state index contributed by atoms with van der Waals surface area (Å²) in [6, 6.07) is -3.20. The fourth-order valence-electron chi connectivity index (χ4n) is 3.32. The van der Waals surface area contributed by atoms with E-state index in [0.717, 1.165) is 13.8 Å². The third-order valence-electron chi connectivity index (χ3n) is 4.76. The maximum absolute atomic E-state index is 11.9. The van der Waals surface area contributed by atoms with Crippen LogP contribution >= 0.6 is 0 Å². The number of aliphatic hydroxyl groups excluding tert-OH is 6. The number of aliphatic hydroxyl groups is 6. The van der Waals surface area contributed by atoms with Crippen molar-refractivity contribution >= 4 is 21.9 Å². The van der Waals surface area contributed by atoms with E-state index in [9.17, 15) is 53.2 Å². The van der Waals surface area contributed by atoms with E-state index in [2.05, 4.69) is 10.6 Å². The topological polar surface area (TPSA) is 252 Å². The molecule has 0 aromatic heterocycles. The Balaban J connectivity index is 3.38. The van der Waals surface area contributed by atoms with Crippen LogP contribution in [0.3, 0.4) is 0 Å². The van der Waals surface area contributed by atoms with Gasteiger partial charge in [0.15, 0.2) is 6.29 Å². The van der Waals surface area contributed by atoms with Crippen LogP contribution in [0.1, 0.15) is 13.8 Å². The Labute approximate surface area is 183 Å². The summed E-state index contributed by atoms with van der Waals surface area (Å²) in [6.07, 6.45) is -11.1. The van der Waals surface area contributed by atoms with E-state index in [-0.39, 0.29) is 0 Å². The summed E-state index contributed by atoms with van der Waals surface area (Å²) in [5.74, 6) is -1.50. The summed E-state index contributed by atoms with van der Waals surface area (Å²) in [7, 11) is -5.07. The largest absolute Gasteiger partial charge is 0.394 e. The monoisotopic (exact) mass is 490 g/mol. The maximum atomic E-state index is 11.9. The number of carbonyl (C=O) groups excluding carboxylic acids is 2. The van der Waals surface area contributed by atoms with Gasteiger partial charge in [-0.15, -0.1) is 0 Å². The highest BCUT2D eigenvalue weighted by Gasteiger charge is 2.53. The number of hydrogen-bond acceptors (Lipinski definition) is 12. The lowest BCUT2D eigenvalue weighted by Gasteiger charge is -2.45. The fourth-order valence-corrected chi connectivity index (χ4v) is 4.41. The van der Waals surface area contributed by atoms with Crippen LogP contribution in [-0.2, 0) is 29.2 Å². The maximum Gasteiger partial charge on any atom is 0.272 e. The molecule has 0 aliphatic carbocycles. The second-order valence-electron chi connectivity index (χ2n) is 7.25. The lowest BCUT2D eigenvalue weighted by atomic mass is 9.98. The van der Waals surface area contributed by atoms with E-state index in [1.165, 1.54) is 0 Å². The van der Waals surface area contributed by atoms with Gasteiger partial charge >= 0.3 is 0 Å². The number of nitrogens with one attached hydrogen (secondary N) is 2. The average Bonchev–Trinajstić information content (AvgIpc) is 2.68. The van der Waals surface area contributed by atoms with Gasteiger partial charge in [-0.2, -0.15) is 8.42 Å². The summed E-state index contributed by atoms with van der Waals surface area (Å²) < 4.78 is 44.1. The van der Waals surface area contributed by atoms with Crippen LogP contribution in [0.4, 0.5) is 0 Å². The molecule has 16 heteroatoms. The SMILES string of the molecule is CC(=O)N[C@H]1[C@H](O[C@@H]([C@H](O)[C@H](CO)NC(C)=O)[C@H](O)CO)O[C@H](CO)[C@H](O)[C@@H]1S(=O)(=O)O. The summed E-state index contributed by atoms with van der Waals surface area (Å²) in [6.45, 7) is -0.706. The molecule has 0 spiro atoms. The second-order valence-corrected chi connectivity index (χ2v) is 8.83.